The van der Waals surface area contributed by atoms with Gasteiger partial charge in [-0.2, -0.15) is 4.98 Å². The normalized spacial score (nSPS) is 14.4. The van der Waals surface area contributed by atoms with Gasteiger partial charge in [0.1, 0.15) is 0 Å². The van der Waals surface area contributed by atoms with Crippen LogP contribution in [0.25, 0.3) is 0 Å². The molecular formula is C10H15N5O. The van der Waals surface area contributed by atoms with Crippen LogP contribution in [-0.2, 0) is 4.79 Å². The van der Waals surface area contributed by atoms with Crippen molar-refractivity contribution in [1.82, 2.24) is 9.97 Å². The zero-order chi connectivity index (χ0) is 11.5. The molecule has 1 amide bonds. The Labute approximate surface area is 94.1 Å². The summed E-state index contributed by atoms with van der Waals surface area (Å²) < 4.78 is 0. The first-order valence-corrected chi connectivity index (χ1v) is 5.41. The van der Waals surface area contributed by atoms with E-state index in [1.54, 1.807) is 11.1 Å². The van der Waals surface area contributed by atoms with Gasteiger partial charge in [0.05, 0.1) is 18.4 Å². The van der Waals surface area contributed by atoms with Gasteiger partial charge in [-0.05, 0) is 13.8 Å². The molecule has 0 saturated carbocycles. The maximum Gasteiger partial charge on any atom is 0.247 e. The molecule has 6 nitrogen and oxygen atoms in total. The molecule has 1 aromatic rings. The van der Waals surface area contributed by atoms with Crippen LogP contribution >= 0.6 is 0 Å². The first kappa shape index (κ1) is 10.7. The van der Waals surface area contributed by atoms with Crippen molar-refractivity contribution in [2.45, 2.75) is 13.8 Å². The van der Waals surface area contributed by atoms with Gasteiger partial charge in [0.15, 0.2) is 5.82 Å². The number of aromatic nitrogens is 2. The molecular weight excluding hydrogens is 206 g/mol. The summed E-state index contributed by atoms with van der Waals surface area (Å²) in [5.74, 6) is 1.25. The van der Waals surface area contributed by atoms with E-state index in [1.807, 2.05) is 13.8 Å². The van der Waals surface area contributed by atoms with Gasteiger partial charge in [0.25, 0.3) is 0 Å². The first-order valence-electron chi connectivity index (χ1n) is 5.41. The van der Waals surface area contributed by atoms with Crippen molar-refractivity contribution >= 4 is 23.4 Å². The summed E-state index contributed by atoms with van der Waals surface area (Å²) in [7, 11) is 0. The minimum absolute atomic E-state index is 0.0381. The molecule has 0 radical (unpaired) electrons. The van der Waals surface area contributed by atoms with E-state index in [4.69, 9.17) is 0 Å². The molecule has 0 aromatic carbocycles. The summed E-state index contributed by atoms with van der Waals surface area (Å²) >= 11 is 0. The summed E-state index contributed by atoms with van der Waals surface area (Å²) in [5.41, 5.74) is 0.808. The minimum Gasteiger partial charge on any atom is -0.372 e. The molecule has 1 aliphatic heterocycles. The fourth-order valence-electron chi connectivity index (χ4n) is 1.66. The van der Waals surface area contributed by atoms with Crippen molar-refractivity contribution in [2.24, 2.45) is 0 Å². The predicted octanol–water partition coefficient (Wildman–Crippen LogP) is 0.687. The summed E-state index contributed by atoms with van der Waals surface area (Å²) in [6.45, 7) is 5.60. The average molecular weight is 221 g/mol. The third kappa shape index (κ3) is 1.78. The summed E-state index contributed by atoms with van der Waals surface area (Å²) in [6.07, 6.45) is 1.70. The fourth-order valence-corrected chi connectivity index (χ4v) is 1.66. The quantitative estimate of drug-likeness (QED) is 0.785. The molecule has 6 heteroatoms. The van der Waals surface area contributed by atoms with Crippen molar-refractivity contribution in [2.75, 3.05) is 35.2 Å². The molecule has 0 fully saturated rings. The Hall–Kier alpha value is -1.85. The van der Waals surface area contributed by atoms with Crippen LogP contribution in [-0.4, -0.2) is 35.5 Å². The van der Waals surface area contributed by atoms with Gasteiger partial charge in [-0.3, -0.25) is 9.69 Å². The maximum absolute atomic E-state index is 11.6. The monoisotopic (exact) mass is 221 g/mol. The molecule has 16 heavy (non-hydrogen) atoms. The Balaban J connectivity index is 2.37. The molecule has 2 rings (SSSR count). The Morgan fingerprint density at radius 1 is 1.56 bits per heavy atom. The van der Waals surface area contributed by atoms with Crippen LogP contribution in [0.2, 0.25) is 0 Å². The minimum atomic E-state index is 0.0381. The number of amides is 1. The molecule has 1 aromatic heterocycles. The topological polar surface area (TPSA) is 70.2 Å². The highest BCUT2D eigenvalue weighted by Gasteiger charge is 2.24. The first-order chi connectivity index (χ1) is 7.76. The lowest BCUT2D eigenvalue weighted by atomic mass is 10.3. The van der Waals surface area contributed by atoms with E-state index < -0.39 is 0 Å². The van der Waals surface area contributed by atoms with Crippen LogP contribution in [0.15, 0.2) is 6.20 Å². The van der Waals surface area contributed by atoms with Crippen LogP contribution in [0, 0.1) is 0 Å². The molecule has 2 heterocycles. The maximum atomic E-state index is 11.6. The zero-order valence-corrected chi connectivity index (χ0v) is 9.45. The molecule has 1 aliphatic rings. The third-order valence-corrected chi connectivity index (χ3v) is 2.41. The summed E-state index contributed by atoms with van der Waals surface area (Å²) in [5, 5.41) is 6.03. The molecule has 0 bridgehead atoms. The van der Waals surface area contributed by atoms with Gasteiger partial charge >= 0.3 is 0 Å². The lowest BCUT2D eigenvalue weighted by Crippen LogP contribution is -2.40. The molecule has 2 N–H and O–H groups in total. The molecule has 86 valence electrons. The molecule has 0 atom stereocenters. The number of carbonyl (C=O) groups excluding carboxylic acids is 1. The number of likely N-dealkylation sites (N-methyl/N-ethyl adjacent to an activating group) is 1. The lowest BCUT2D eigenvalue weighted by molar-refractivity contribution is -0.117. The van der Waals surface area contributed by atoms with Crippen molar-refractivity contribution in [3.8, 4) is 0 Å². The Bertz CT molecular complexity index is 406. The number of carbonyl (C=O) groups is 1. The lowest BCUT2D eigenvalue weighted by Gasteiger charge is -2.27. The smallest absolute Gasteiger partial charge is 0.247 e. The largest absolute Gasteiger partial charge is 0.372 e. The van der Waals surface area contributed by atoms with E-state index in [-0.39, 0.29) is 5.91 Å². The van der Waals surface area contributed by atoms with Gasteiger partial charge in [0.2, 0.25) is 11.9 Å². The van der Waals surface area contributed by atoms with Crippen molar-refractivity contribution < 1.29 is 4.79 Å². The van der Waals surface area contributed by atoms with Crippen LogP contribution in [0.5, 0.6) is 0 Å². The van der Waals surface area contributed by atoms with Gasteiger partial charge < -0.3 is 10.6 Å². The number of fused-ring (bicyclic) bond motifs is 1. The van der Waals surface area contributed by atoms with E-state index >= 15 is 0 Å². The highest BCUT2D eigenvalue weighted by molar-refractivity contribution is 6.01. The number of nitrogens with zero attached hydrogens (tertiary/aromatic N) is 3. The number of anilines is 3. The van der Waals surface area contributed by atoms with E-state index in [0.29, 0.717) is 24.9 Å². The predicted molar refractivity (Wildman–Crippen MR) is 62.7 cm³/mol. The van der Waals surface area contributed by atoms with Crippen molar-refractivity contribution in [3.63, 3.8) is 0 Å². The second-order valence-corrected chi connectivity index (χ2v) is 3.45. The van der Waals surface area contributed by atoms with E-state index in [9.17, 15) is 4.79 Å². The molecule has 0 spiro atoms. The highest BCUT2D eigenvalue weighted by Crippen LogP contribution is 2.26. The summed E-state index contributed by atoms with van der Waals surface area (Å²) in [4.78, 5) is 21.8. The number of rotatable bonds is 3. The number of hydrogen-bond donors (Lipinski definition) is 2. The Morgan fingerprint density at radius 3 is 3.06 bits per heavy atom. The SMILES string of the molecule is CCNc1ncc2c(n1)N(CC)C(=O)CN2. The average Bonchev–Trinajstić information content (AvgIpc) is 2.29. The van der Waals surface area contributed by atoms with Gasteiger partial charge in [-0.1, -0.05) is 0 Å². The van der Waals surface area contributed by atoms with Crippen LogP contribution in [0.4, 0.5) is 17.5 Å². The molecule has 0 aliphatic carbocycles. The molecule has 0 unspecified atom stereocenters. The van der Waals surface area contributed by atoms with E-state index in [1.165, 1.54) is 0 Å². The van der Waals surface area contributed by atoms with Crippen LogP contribution in [0.3, 0.4) is 0 Å². The van der Waals surface area contributed by atoms with Gasteiger partial charge in [0, 0.05) is 13.1 Å². The summed E-state index contributed by atoms with van der Waals surface area (Å²) in [6, 6.07) is 0. The van der Waals surface area contributed by atoms with Gasteiger partial charge in [-0.25, -0.2) is 4.98 Å². The third-order valence-electron chi connectivity index (χ3n) is 2.41. The van der Waals surface area contributed by atoms with E-state index in [2.05, 4.69) is 20.6 Å². The fraction of sp³-hybridized carbons (Fsp3) is 0.500. The van der Waals surface area contributed by atoms with Gasteiger partial charge in [-0.15, -0.1) is 0 Å². The second kappa shape index (κ2) is 4.34. The number of nitrogens with one attached hydrogen (secondary N) is 2. The number of hydrogen-bond acceptors (Lipinski definition) is 5. The van der Waals surface area contributed by atoms with Crippen molar-refractivity contribution in [1.29, 1.82) is 0 Å². The second-order valence-electron chi connectivity index (χ2n) is 3.45. The standard InChI is InChI=1S/C10H15N5O/c1-3-11-10-13-5-7-9(14-10)15(4-2)8(16)6-12-7/h5,12H,3-4,6H2,1-2H3,(H,11,13,14). The van der Waals surface area contributed by atoms with Crippen molar-refractivity contribution in [3.05, 3.63) is 6.20 Å². The zero-order valence-electron chi connectivity index (χ0n) is 9.45. The Morgan fingerprint density at radius 2 is 2.38 bits per heavy atom. The van der Waals surface area contributed by atoms with E-state index in [0.717, 1.165) is 12.2 Å². The highest BCUT2D eigenvalue weighted by atomic mass is 16.2. The Kier molecular flexibility index (Phi) is 2.89. The molecule has 0 saturated heterocycles. The van der Waals surface area contributed by atoms with Crippen LogP contribution < -0.4 is 15.5 Å². The van der Waals surface area contributed by atoms with Crippen LogP contribution in [0.1, 0.15) is 13.8 Å².